The summed E-state index contributed by atoms with van der Waals surface area (Å²) in [6.45, 7) is 4.32. The van der Waals surface area contributed by atoms with Gasteiger partial charge < -0.3 is 11.1 Å². The lowest BCUT2D eigenvalue weighted by atomic mass is 10.1. The van der Waals surface area contributed by atoms with Crippen molar-refractivity contribution >= 4 is 27.5 Å². The Hall–Kier alpha value is -1.88. The zero-order chi connectivity index (χ0) is 15.4. The Morgan fingerprint density at radius 3 is 2.90 bits per heavy atom. The summed E-state index contributed by atoms with van der Waals surface area (Å²) in [5, 5.41) is 2.91. The van der Waals surface area contributed by atoms with Crippen molar-refractivity contribution in [3.05, 3.63) is 57.3 Å². The number of carbonyl (C=O) groups excluding carboxylic acids is 1. The van der Waals surface area contributed by atoms with Crippen molar-refractivity contribution < 1.29 is 4.79 Å². The first kappa shape index (κ1) is 15.5. The molecular weight excluding hydrogens is 330 g/mol. The molecule has 21 heavy (non-hydrogen) atoms. The van der Waals surface area contributed by atoms with Crippen LogP contribution < -0.4 is 11.1 Å². The van der Waals surface area contributed by atoms with Crippen LogP contribution in [0.4, 0.5) is 5.69 Å². The number of nitrogens with two attached hydrogens (primary N) is 1. The van der Waals surface area contributed by atoms with E-state index in [1.165, 1.54) is 0 Å². The Labute approximate surface area is 132 Å². The highest BCUT2D eigenvalue weighted by Crippen LogP contribution is 2.22. The van der Waals surface area contributed by atoms with Crippen molar-refractivity contribution in [2.75, 3.05) is 5.73 Å². The molecule has 1 heterocycles. The number of nitrogens with zero attached hydrogens (tertiary/aromatic N) is 1. The van der Waals surface area contributed by atoms with Crippen molar-refractivity contribution in [1.29, 1.82) is 0 Å². The normalized spacial score (nSPS) is 10.4. The number of benzene rings is 1. The highest BCUT2D eigenvalue weighted by atomic mass is 79.9. The van der Waals surface area contributed by atoms with Crippen LogP contribution in [0.1, 0.15) is 34.1 Å². The molecule has 2 rings (SSSR count). The second-order valence-electron chi connectivity index (χ2n) is 4.81. The van der Waals surface area contributed by atoms with Crippen molar-refractivity contribution in [3.63, 3.8) is 0 Å². The molecular formula is C16H18BrN3O. The molecule has 5 heteroatoms. The Bertz CT molecular complexity index is 671. The molecule has 4 nitrogen and oxygen atoms in total. The molecule has 0 spiro atoms. The van der Waals surface area contributed by atoms with Crippen LogP contribution >= 0.6 is 15.9 Å². The topological polar surface area (TPSA) is 68.0 Å². The molecule has 0 fully saturated rings. The van der Waals surface area contributed by atoms with Crippen LogP contribution in [0.2, 0.25) is 0 Å². The average molecular weight is 348 g/mol. The average Bonchev–Trinajstić information content (AvgIpc) is 2.48. The zero-order valence-electron chi connectivity index (χ0n) is 12.1. The van der Waals surface area contributed by atoms with Gasteiger partial charge in [0.05, 0.1) is 12.2 Å². The zero-order valence-corrected chi connectivity index (χ0v) is 13.7. The van der Waals surface area contributed by atoms with Gasteiger partial charge in [-0.05, 0) is 42.7 Å². The molecule has 0 saturated heterocycles. The van der Waals surface area contributed by atoms with E-state index in [-0.39, 0.29) is 5.91 Å². The number of aryl methyl sites for hydroxylation is 1. The van der Waals surface area contributed by atoms with E-state index in [0.29, 0.717) is 17.8 Å². The van der Waals surface area contributed by atoms with Crippen LogP contribution in [-0.4, -0.2) is 10.9 Å². The maximum Gasteiger partial charge on any atom is 0.251 e. The molecule has 0 aliphatic heterocycles. The number of anilines is 1. The first-order chi connectivity index (χ1) is 10.0. The second-order valence-corrected chi connectivity index (χ2v) is 5.73. The Morgan fingerprint density at radius 1 is 1.43 bits per heavy atom. The van der Waals surface area contributed by atoms with Crippen LogP contribution in [0.15, 0.2) is 34.9 Å². The summed E-state index contributed by atoms with van der Waals surface area (Å²) in [5.41, 5.74) is 9.89. The highest BCUT2D eigenvalue weighted by molar-refractivity contribution is 9.10. The van der Waals surface area contributed by atoms with Crippen molar-refractivity contribution in [3.8, 4) is 0 Å². The standard InChI is InChI=1S/C16H18BrN3O/c1-3-11-5-4-6-19-15(11)9-20-16(21)13-7-12(17)8-14(18)10(13)2/h4-8H,3,9,18H2,1-2H3,(H,20,21). The molecule has 1 aromatic carbocycles. The number of hydrogen-bond acceptors (Lipinski definition) is 3. The van der Waals surface area contributed by atoms with E-state index in [2.05, 4.69) is 33.2 Å². The summed E-state index contributed by atoms with van der Waals surface area (Å²) in [7, 11) is 0. The van der Waals surface area contributed by atoms with Crippen molar-refractivity contribution in [2.45, 2.75) is 26.8 Å². The number of nitrogens with one attached hydrogen (secondary N) is 1. The molecule has 0 atom stereocenters. The van der Waals surface area contributed by atoms with E-state index in [1.807, 2.05) is 19.1 Å². The van der Waals surface area contributed by atoms with Crippen LogP contribution in [0.5, 0.6) is 0 Å². The van der Waals surface area contributed by atoms with Gasteiger partial charge in [0.25, 0.3) is 5.91 Å². The number of aromatic nitrogens is 1. The van der Waals surface area contributed by atoms with Gasteiger partial charge in [-0.2, -0.15) is 0 Å². The van der Waals surface area contributed by atoms with E-state index >= 15 is 0 Å². The predicted octanol–water partition coefficient (Wildman–Crippen LogP) is 3.23. The maximum atomic E-state index is 12.3. The van der Waals surface area contributed by atoms with E-state index in [0.717, 1.165) is 27.7 Å². The summed E-state index contributed by atoms with van der Waals surface area (Å²) < 4.78 is 0.794. The molecule has 0 unspecified atom stereocenters. The van der Waals surface area contributed by atoms with E-state index < -0.39 is 0 Å². The number of halogens is 1. The molecule has 0 bridgehead atoms. The number of rotatable bonds is 4. The molecule has 0 saturated carbocycles. The van der Waals surface area contributed by atoms with Crippen LogP contribution in [0, 0.1) is 6.92 Å². The van der Waals surface area contributed by atoms with Gasteiger partial charge in [0.1, 0.15) is 0 Å². The van der Waals surface area contributed by atoms with Crippen LogP contribution in [0.3, 0.4) is 0 Å². The van der Waals surface area contributed by atoms with Gasteiger partial charge in [-0.15, -0.1) is 0 Å². The van der Waals surface area contributed by atoms with Gasteiger partial charge in [-0.3, -0.25) is 9.78 Å². The summed E-state index contributed by atoms with van der Waals surface area (Å²) in [6.07, 6.45) is 2.63. The van der Waals surface area contributed by atoms with Gasteiger partial charge in [-0.25, -0.2) is 0 Å². The number of hydrogen-bond donors (Lipinski definition) is 2. The van der Waals surface area contributed by atoms with Crippen molar-refractivity contribution in [1.82, 2.24) is 10.3 Å². The minimum absolute atomic E-state index is 0.145. The van der Waals surface area contributed by atoms with Crippen LogP contribution in [-0.2, 0) is 13.0 Å². The third-order valence-electron chi connectivity index (χ3n) is 3.44. The Morgan fingerprint density at radius 2 is 2.19 bits per heavy atom. The monoisotopic (exact) mass is 347 g/mol. The second kappa shape index (κ2) is 6.72. The third kappa shape index (κ3) is 3.61. The lowest BCUT2D eigenvalue weighted by molar-refractivity contribution is 0.0949. The Kier molecular flexibility index (Phi) is 4.96. The quantitative estimate of drug-likeness (QED) is 0.834. The molecule has 0 aliphatic rings. The minimum atomic E-state index is -0.145. The molecule has 0 aliphatic carbocycles. The third-order valence-corrected chi connectivity index (χ3v) is 3.90. The first-order valence-corrected chi connectivity index (χ1v) is 7.58. The molecule has 110 valence electrons. The Balaban J connectivity index is 2.16. The fourth-order valence-corrected chi connectivity index (χ4v) is 2.62. The van der Waals surface area contributed by atoms with Gasteiger partial charge >= 0.3 is 0 Å². The van der Waals surface area contributed by atoms with Gasteiger partial charge in [0.2, 0.25) is 0 Å². The minimum Gasteiger partial charge on any atom is -0.398 e. The maximum absolute atomic E-state index is 12.3. The predicted molar refractivity (Wildman–Crippen MR) is 88.1 cm³/mol. The summed E-state index contributed by atoms with van der Waals surface area (Å²) in [4.78, 5) is 16.7. The largest absolute Gasteiger partial charge is 0.398 e. The van der Waals surface area contributed by atoms with Gasteiger partial charge in [0, 0.05) is 21.9 Å². The van der Waals surface area contributed by atoms with E-state index in [4.69, 9.17) is 5.73 Å². The molecule has 1 amide bonds. The first-order valence-electron chi connectivity index (χ1n) is 6.79. The number of pyridine rings is 1. The molecule has 1 aromatic heterocycles. The van der Waals surface area contributed by atoms with E-state index in [1.54, 1.807) is 18.3 Å². The van der Waals surface area contributed by atoms with Crippen molar-refractivity contribution in [2.24, 2.45) is 0 Å². The fraction of sp³-hybridized carbons (Fsp3) is 0.250. The lowest BCUT2D eigenvalue weighted by Crippen LogP contribution is -2.25. The van der Waals surface area contributed by atoms with E-state index in [9.17, 15) is 4.79 Å². The highest BCUT2D eigenvalue weighted by Gasteiger charge is 2.13. The van der Waals surface area contributed by atoms with Crippen LogP contribution in [0.25, 0.3) is 0 Å². The lowest BCUT2D eigenvalue weighted by Gasteiger charge is -2.11. The summed E-state index contributed by atoms with van der Waals surface area (Å²) in [5.74, 6) is -0.145. The summed E-state index contributed by atoms with van der Waals surface area (Å²) in [6, 6.07) is 7.50. The summed E-state index contributed by atoms with van der Waals surface area (Å²) >= 11 is 3.36. The smallest absolute Gasteiger partial charge is 0.251 e. The van der Waals surface area contributed by atoms with Gasteiger partial charge in [0.15, 0.2) is 0 Å². The molecule has 0 radical (unpaired) electrons. The number of amides is 1. The molecule has 2 aromatic rings. The SMILES string of the molecule is CCc1cccnc1CNC(=O)c1cc(Br)cc(N)c1C. The number of nitrogen functional groups attached to an aromatic ring is 1. The molecule has 3 N–H and O–H groups in total. The van der Waals surface area contributed by atoms with Gasteiger partial charge in [-0.1, -0.05) is 28.9 Å². The number of carbonyl (C=O) groups is 1. The fourth-order valence-electron chi connectivity index (χ4n) is 2.15.